The zero-order valence-electron chi connectivity index (χ0n) is 10.5. The number of hydrogen-bond donors (Lipinski definition) is 1. The predicted molar refractivity (Wildman–Crippen MR) is 64.1 cm³/mol. The lowest BCUT2D eigenvalue weighted by Gasteiger charge is -2.18. The summed E-state index contributed by atoms with van der Waals surface area (Å²) in [5.74, 6) is -3.00. The van der Waals surface area contributed by atoms with E-state index in [1.165, 1.54) is 24.3 Å². The average Bonchev–Trinajstić information content (AvgIpc) is 2.15. The fourth-order valence-electron chi connectivity index (χ4n) is 1.16. The summed E-state index contributed by atoms with van der Waals surface area (Å²) >= 11 is 0. The van der Waals surface area contributed by atoms with Crippen molar-refractivity contribution in [1.29, 1.82) is 0 Å². The molecule has 1 amide bonds. The average molecular weight is 241 g/mol. The van der Waals surface area contributed by atoms with E-state index in [0.717, 1.165) is 6.92 Å². The highest BCUT2D eigenvalue weighted by molar-refractivity contribution is 5.94. The van der Waals surface area contributed by atoms with Crippen molar-refractivity contribution in [2.45, 2.75) is 33.6 Å². The molecule has 0 unspecified atom stereocenters. The van der Waals surface area contributed by atoms with Gasteiger partial charge in [-0.05, 0) is 12.1 Å². The van der Waals surface area contributed by atoms with Gasteiger partial charge in [0.25, 0.3) is 5.92 Å². The second kappa shape index (κ2) is 4.43. The molecule has 0 saturated heterocycles. The summed E-state index contributed by atoms with van der Waals surface area (Å²) in [6.07, 6.45) is 0. The minimum atomic E-state index is -2.85. The van der Waals surface area contributed by atoms with Crippen LogP contribution >= 0.6 is 0 Å². The van der Waals surface area contributed by atoms with Gasteiger partial charge in [0.1, 0.15) is 0 Å². The van der Waals surface area contributed by atoms with Gasteiger partial charge in [0, 0.05) is 23.6 Å². The van der Waals surface area contributed by atoms with E-state index in [-0.39, 0.29) is 11.5 Å². The molecule has 0 atom stereocenters. The first kappa shape index (κ1) is 13.6. The molecule has 1 N–H and O–H groups in total. The third-order valence-electron chi connectivity index (χ3n) is 2.33. The van der Waals surface area contributed by atoms with Gasteiger partial charge in [-0.3, -0.25) is 4.79 Å². The fourth-order valence-corrected chi connectivity index (χ4v) is 1.16. The molecule has 0 aromatic heterocycles. The van der Waals surface area contributed by atoms with Gasteiger partial charge in [0.2, 0.25) is 5.91 Å². The van der Waals surface area contributed by atoms with Gasteiger partial charge in [-0.1, -0.05) is 32.9 Å². The van der Waals surface area contributed by atoms with Crippen molar-refractivity contribution >= 4 is 11.6 Å². The van der Waals surface area contributed by atoms with Crippen LogP contribution in [0.1, 0.15) is 33.3 Å². The Bertz CT molecular complexity index is 399. The third kappa shape index (κ3) is 3.80. The quantitative estimate of drug-likeness (QED) is 0.838. The summed E-state index contributed by atoms with van der Waals surface area (Å²) in [7, 11) is 0. The summed E-state index contributed by atoms with van der Waals surface area (Å²) in [4.78, 5) is 11.7. The van der Waals surface area contributed by atoms with Gasteiger partial charge in [-0.25, -0.2) is 8.78 Å². The minimum absolute atomic E-state index is 0.0637. The number of nitrogens with one attached hydrogen (secondary N) is 1. The Labute approximate surface area is 100 Å². The molecule has 0 aliphatic rings. The van der Waals surface area contributed by atoms with E-state index >= 15 is 0 Å². The molecule has 0 spiro atoms. The van der Waals surface area contributed by atoms with Crippen LogP contribution in [0.25, 0.3) is 0 Å². The molecular weight excluding hydrogens is 224 g/mol. The number of anilines is 1. The number of hydrogen-bond acceptors (Lipinski definition) is 1. The van der Waals surface area contributed by atoms with Gasteiger partial charge >= 0.3 is 0 Å². The molecule has 4 heteroatoms. The number of carbonyl (C=O) groups is 1. The molecule has 0 bridgehead atoms. The molecule has 1 aromatic rings. The number of amides is 1. The molecule has 94 valence electrons. The summed E-state index contributed by atoms with van der Waals surface area (Å²) in [6, 6.07) is 5.60. The lowest BCUT2D eigenvalue weighted by molar-refractivity contribution is -0.123. The minimum Gasteiger partial charge on any atom is -0.326 e. The molecule has 0 aliphatic carbocycles. The summed E-state index contributed by atoms with van der Waals surface area (Å²) < 4.78 is 25.9. The van der Waals surface area contributed by atoms with Gasteiger partial charge in [-0.15, -0.1) is 0 Å². The molecule has 1 aromatic carbocycles. The number of rotatable bonds is 2. The van der Waals surface area contributed by atoms with E-state index in [4.69, 9.17) is 0 Å². The van der Waals surface area contributed by atoms with Crippen molar-refractivity contribution in [2.24, 2.45) is 5.41 Å². The highest BCUT2D eigenvalue weighted by Gasteiger charge is 2.24. The molecular formula is C13H17F2NO. The largest absolute Gasteiger partial charge is 0.326 e. The molecule has 0 aliphatic heterocycles. The molecule has 0 saturated carbocycles. The Morgan fingerprint density at radius 1 is 1.06 bits per heavy atom. The SMILES string of the molecule is CC(C)(C)C(=O)Nc1ccc(C(C)(F)F)cc1. The van der Waals surface area contributed by atoms with Crippen molar-refractivity contribution in [1.82, 2.24) is 0 Å². The molecule has 1 rings (SSSR count). The first-order valence-corrected chi connectivity index (χ1v) is 5.40. The molecule has 17 heavy (non-hydrogen) atoms. The topological polar surface area (TPSA) is 29.1 Å². The second-order valence-corrected chi connectivity index (χ2v) is 5.17. The maximum absolute atomic E-state index is 13.0. The van der Waals surface area contributed by atoms with Crippen LogP contribution < -0.4 is 5.32 Å². The molecule has 0 heterocycles. The van der Waals surface area contributed by atoms with E-state index in [1.54, 1.807) is 20.8 Å². The Hall–Kier alpha value is -1.45. The van der Waals surface area contributed by atoms with Crippen LogP contribution in [0.2, 0.25) is 0 Å². The summed E-state index contributed by atoms with van der Waals surface area (Å²) in [5.41, 5.74) is -0.0444. The number of benzene rings is 1. The Kier molecular flexibility index (Phi) is 3.55. The standard InChI is InChI=1S/C13H17F2NO/c1-12(2,3)11(17)16-10-7-5-9(6-8-10)13(4,14)15/h5-8H,1-4H3,(H,16,17). The first-order chi connectivity index (χ1) is 7.60. The zero-order valence-corrected chi connectivity index (χ0v) is 10.5. The first-order valence-electron chi connectivity index (χ1n) is 5.40. The van der Waals surface area contributed by atoms with Crippen molar-refractivity contribution in [3.8, 4) is 0 Å². The monoisotopic (exact) mass is 241 g/mol. The van der Waals surface area contributed by atoms with Gasteiger partial charge in [0.15, 0.2) is 0 Å². The van der Waals surface area contributed by atoms with Gasteiger partial charge in [0.05, 0.1) is 0 Å². The van der Waals surface area contributed by atoms with E-state index in [0.29, 0.717) is 5.69 Å². The van der Waals surface area contributed by atoms with E-state index in [1.807, 2.05) is 0 Å². The van der Waals surface area contributed by atoms with Crippen LogP contribution in [-0.2, 0) is 10.7 Å². The van der Waals surface area contributed by atoms with Crippen molar-refractivity contribution in [3.63, 3.8) is 0 Å². The number of carbonyl (C=O) groups excluding carboxylic acids is 1. The second-order valence-electron chi connectivity index (χ2n) is 5.17. The molecule has 0 radical (unpaired) electrons. The highest BCUT2D eigenvalue weighted by atomic mass is 19.3. The van der Waals surface area contributed by atoms with Crippen LogP contribution in [0.3, 0.4) is 0 Å². The zero-order chi connectivity index (χ0) is 13.3. The maximum Gasteiger partial charge on any atom is 0.270 e. The Balaban J connectivity index is 2.80. The lowest BCUT2D eigenvalue weighted by atomic mass is 9.95. The third-order valence-corrected chi connectivity index (χ3v) is 2.33. The normalized spacial score (nSPS) is 12.4. The summed E-state index contributed by atoms with van der Waals surface area (Å²) in [6.45, 7) is 6.21. The van der Waals surface area contributed by atoms with Gasteiger partial charge in [-0.2, -0.15) is 0 Å². The van der Waals surface area contributed by atoms with Crippen LogP contribution in [0.5, 0.6) is 0 Å². The van der Waals surface area contributed by atoms with Crippen molar-refractivity contribution in [3.05, 3.63) is 29.8 Å². The van der Waals surface area contributed by atoms with Crippen LogP contribution in [0.15, 0.2) is 24.3 Å². The molecule has 0 fully saturated rings. The Morgan fingerprint density at radius 2 is 1.53 bits per heavy atom. The predicted octanol–water partition coefficient (Wildman–Crippen LogP) is 3.78. The highest BCUT2D eigenvalue weighted by Crippen LogP contribution is 2.28. The number of halogens is 2. The fraction of sp³-hybridized carbons (Fsp3) is 0.462. The van der Waals surface area contributed by atoms with Gasteiger partial charge < -0.3 is 5.32 Å². The Morgan fingerprint density at radius 3 is 1.88 bits per heavy atom. The lowest BCUT2D eigenvalue weighted by Crippen LogP contribution is -2.27. The van der Waals surface area contributed by atoms with Crippen LogP contribution in [0, 0.1) is 5.41 Å². The maximum atomic E-state index is 13.0. The van der Waals surface area contributed by atoms with Crippen LogP contribution in [0.4, 0.5) is 14.5 Å². The smallest absolute Gasteiger partial charge is 0.270 e. The van der Waals surface area contributed by atoms with Crippen LogP contribution in [-0.4, -0.2) is 5.91 Å². The summed E-state index contributed by atoms with van der Waals surface area (Å²) in [5, 5.41) is 2.68. The van der Waals surface area contributed by atoms with Crippen molar-refractivity contribution in [2.75, 3.05) is 5.32 Å². The van der Waals surface area contributed by atoms with E-state index < -0.39 is 11.3 Å². The number of alkyl halides is 2. The van der Waals surface area contributed by atoms with E-state index in [2.05, 4.69) is 5.32 Å². The van der Waals surface area contributed by atoms with E-state index in [9.17, 15) is 13.6 Å². The van der Waals surface area contributed by atoms with Crippen molar-refractivity contribution < 1.29 is 13.6 Å². The molecule has 2 nitrogen and oxygen atoms in total.